The Morgan fingerprint density at radius 2 is 1.84 bits per heavy atom. The number of likely N-dealkylation sites (tertiary alicyclic amines) is 1. The normalized spacial score (nSPS) is 16.1. The lowest BCUT2D eigenvalue weighted by Gasteiger charge is -2.33. The van der Waals surface area contributed by atoms with Crippen LogP contribution in [0.5, 0.6) is 5.75 Å². The van der Waals surface area contributed by atoms with Crippen molar-refractivity contribution in [2.45, 2.75) is 31.4 Å². The number of halogens is 3. The van der Waals surface area contributed by atoms with Crippen LogP contribution >= 0.6 is 0 Å². The molecule has 0 spiro atoms. The van der Waals surface area contributed by atoms with Crippen molar-refractivity contribution in [2.75, 3.05) is 25.0 Å². The van der Waals surface area contributed by atoms with Gasteiger partial charge in [-0.15, -0.1) is 0 Å². The topological polar surface area (TPSA) is 57.4 Å². The van der Waals surface area contributed by atoms with Gasteiger partial charge in [-0.3, -0.25) is 0 Å². The number of anilines is 1. The number of ether oxygens (including phenoxy) is 1. The van der Waals surface area contributed by atoms with Crippen LogP contribution in [0.25, 0.3) is 10.9 Å². The third kappa shape index (κ3) is 5.90. The van der Waals surface area contributed by atoms with Crippen LogP contribution in [0.4, 0.5) is 23.7 Å². The lowest BCUT2D eigenvalue weighted by atomic mass is 9.91. The van der Waals surface area contributed by atoms with Gasteiger partial charge >= 0.3 is 12.2 Å². The van der Waals surface area contributed by atoms with Crippen LogP contribution in [-0.2, 0) is 12.6 Å². The van der Waals surface area contributed by atoms with Crippen molar-refractivity contribution in [2.24, 2.45) is 0 Å². The molecule has 8 heteroatoms. The Morgan fingerprint density at radius 1 is 1.05 bits per heavy atom. The summed E-state index contributed by atoms with van der Waals surface area (Å²) in [6.45, 7) is 1.71. The second kappa shape index (κ2) is 10.6. The summed E-state index contributed by atoms with van der Waals surface area (Å²) in [5, 5.41) is 3.87. The highest BCUT2D eigenvalue weighted by Gasteiger charge is 2.30. The maximum absolute atomic E-state index is 13.1. The molecule has 0 aliphatic carbocycles. The largest absolute Gasteiger partial charge is 0.493 e. The Morgan fingerprint density at radius 3 is 2.59 bits per heavy atom. The molecule has 2 heterocycles. The molecule has 1 saturated heterocycles. The van der Waals surface area contributed by atoms with Crippen molar-refractivity contribution < 1.29 is 22.7 Å². The maximum Gasteiger partial charge on any atom is 0.416 e. The molecule has 0 radical (unpaired) electrons. The van der Waals surface area contributed by atoms with Gasteiger partial charge in [-0.2, -0.15) is 13.2 Å². The lowest BCUT2D eigenvalue weighted by molar-refractivity contribution is -0.137. The number of nitrogens with zero attached hydrogens (tertiary/aromatic N) is 1. The number of hydrogen-bond donors (Lipinski definition) is 2. The summed E-state index contributed by atoms with van der Waals surface area (Å²) in [5.41, 5.74) is 2.90. The number of nitrogens with one attached hydrogen (secondary N) is 2. The fourth-order valence-electron chi connectivity index (χ4n) is 4.79. The Labute approximate surface area is 213 Å². The number of aromatic amines is 1. The standard InChI is InChI=1S/C29H28F3N3O2/c30-29(31,32)23-10-8-20(9-11-23)14-16-37-24-12-13-26-25(17-24)27(18-33-26)34-28(36)35-15-4-7-22(19-35)21-5-2-1-3-6-21/h1-3,5-6,8-13,17-18,22,33H,4,7,14-16,19H2,(H,34,36). The molecular formula is C29H28F3N3O2. The molecule has 2 N–H and O–H groups in total. The smallest absolute Gasteiger partial charge is 0.416 e. The maximum atomic E-state index is 13.1. The van der Waals surface area contributed by atoms with Crippen LogP contribution in [-0.4, -0.2) is 35.6 Å². The molecule has 1 aliphatic rings. The summed E-state index contributed by atoms with van der Waals surface area (Å²) in [7, 11) is 0. The summed E-state index contributed by atoms with van der Waals surface area (Å²) in [4.78, 5) is 18.1. The zero-order valence-electron chi connectivity index (χ0n) is 20.2. The molecule has 1 unspecified atom stereocenters. The van der Waals surface area contributed by atoms with E-state index in [2.05, 4.69) is 22.4 Å². The number of carbonyl (C=O) groups excluding carboxylic acids is 1. The molecule has 0 saturated carbocycles. The van der Waals surface area contributed by atoms with E-state index in [1.807, 2.05) is 41.3 Å². The molecule has 5 rings (SSSR count). The highest BCUT2D eigenvalue weighted by atomic mass is 19.4. The van der Waals surface area contributed by atoms with Gasteiger partial charge in [0.25, 0.3) is 0 Å². The fraction of sp³-hybridized carbons (Fsp3) is 0.276. The minimum absolute atomic E-state index is 0.129. The highest BCUT2D eigenvalue weighted by Crippen LogP contribution is 2.31. The molecule has 1 atom stereocenters. The van der Waals surface area contributed by atoms with Gasteiger partial charge in [-0.1, -0.05) is 42.5 Å². The molecule has 0 bridgehead atoms. The van der Waals surface area contributed by atoms with E-state index in [9.17, 15) is 18.0 Å². The number of H-pyrrole nitrogens is 1. The molecule has 2 amide bonds. The monoisotopic (exact) mass is 507 g/mol. The Hall–Kier alpha value is -3.94. The minimum atomic E-state index is -4.34. The summed E-state index contributed by atoms with van der Waals surface area (Å²) < 4.78 is 44.1. The average Bonchev–Trinajstić information content (AvgIpc) is 3.31. The average molecular weight is 508 g/mol. The summed E-state index contributed by atoms with van der Waals surface area (Å²) in [6.07, 6.45) is -0.0742. The van der Waals surface area contributed by atoms with Crippen LogP contribution in [0.15, 0.2) is 79.0 Å². The number of fused-ring (bicyclic) bond motifs is 1. The molecule has 37 heavy (non-hydrogen) atoms. The Bertz CT molecular complexity index is 1350. The fourth-order valence-corrected chi connectivity index (χ4v) is 4.79. The van der Waals surface area contributed by atoms with Crippen molar-refractivity contribution >= 4 is 22.6 Å². The van der Waals surface area contributed by atoms with Crippen molar-refractivity contribution in [1.29, 1.82) is 0 Å². The number of rotatable bonds is 6. The predicted molar refractivity (Wildman–Crippen MR) is 138 cm³/mol. The molecule has 4 aromatic rings. The van der Waals surface area contributed by atoms with E-state index in [4.69, 9.17) is 4.74 Å². The molecule has 3 aromatic carbocycles. The summed E-state index contributed by atoms with van der Waals surface area (Å²) in [6, 6.07) is 20.8. The van der Waals surface area contributed by atoms with Crippen LogP contribution in [0.2, 0.25) is 0 Å². The third-order valence-electron chi connectivity index (χ3n) is 6.82. The lowest BCUT2D eigenvalue weighted by Crippen LogP contribution is -2.41. The van der Waals surface area contributed by atoms with E-state index in [0.717, 1.165) is 48.0 Å². The number of alkyl halides is 3. The quantitative estimate of drug-likeness (QED) is 0.290. The highest BCUT2D eigenvalue weighted by molar-refractivity contribution is 6.01. The number of amides is 2. The first kappa shape index (κ1) is 24.7. The molecular weight excluding hydrogens is 479 g/mol. The number of piperidine rings is 1. The van der Waals surface area contributed by atoms with E-state index in [-0.39, 0.29) is 6.03 Å². The number of benzene rings is 3. The zero-order chi connectivity index (χ0) is 25.8. The van der Waals surface area contributed by atoms with Gasteiger partial charge < -0.3 is 19.9 Å². The van der Waals surface area contributed by atoms with Crippen LogP contribution in [0, 0.1) is 0 Å². The van der Waals surface area contributed by atoms with Gasteiger partial charge in [0, 0.05) is 42.5 Å². The first-order valence-electron chi connectivity index (χ1n) is 12.4. The van der Waals surface area contributed by atoms with Crippen molar-refractivity contribution in [3.05, 3.63) is 95.7 Å². The first-order chi connectivity index (χ1) is 17.9. The minimum Gasteiger partial charge on any atom is -0.493 e. The van der Waals surface area contributed by atoms with E-state index in [1.165, 1.54) is 17.7 Å². The van der Waals surface area contributed by atoms with Gasteiger partial charge in [0.2, 0.25) is 0 Å². The second-order valence-electron chi connectivity index (χ2n) is 9.33. The SMILES string of the molecule is O=C(Nc1c[nH]c2ccc(OCCc3ccc(C(F)(F)F)cc3)cc12)N1CCCC(c2ccccc2)C1. The van der Waals surface area contributed by atoms with Crippen LogP contribution in [0.3, 0.4) is 0 Å². The van der Waals surface area contributed by atoms with Crippen LogP contribution in [0.1, 0.15) is 35.4 Å². The molecule has 192 valence electrons. The van der Waals surface area contributed by atoms with E-state index < -0.39 is 11.7 Å². The Balaban J connectivity index is 1.20. The third-order valence-corrected chi connectivity index (χ3v) is 6.82. The van der Waals surface area contributed by atoms with Gasteiger partial charge in [-0.05, 0) is 54.3 Å². The van der Waals surface area contributed by atoms with Gasteiger partial charge in [-0.25, -0.2) is 4.79 Å². The zero-order valence-corrected chi connectivity index (χ0v) is 20.2. The first-order valence-corrected chi connectivity index (χ1v) is 12.4. The molecule has 5 nitrogen and oxygen atoms in total. The number of hydrogen-bond acceptors (Lipinski definition) is 2. The molecule has 1 fully saturated rings. The van der Waals surface area contributed by atoms with Crippen molar-refractivity contribution in [1.82, 2.24) is 9.88 Å². The van der Waals surface area contributed by atoms with Crippen molar-refractivity contribution in [3.63, 3.8) is 0 Å². The van der Waals surface area contributed by atoms with Gasteiger partial charge in [0.1, 0.15) is 5.75 Å². The van der Waals surface area contributed by atoms with E-state index in [0.29, 0.717) is 36.9 Å². The second-order valence-corrected chi connectivity index (χ2v) is 9.33. The summed E-state index contributed by atoms with van der Waals surface area (Å²) >= 11 is 0. The van der Waals surface area contributed by atoms with Crippen LogP contribution < -0.4 is 10.1 Å². The Kier molecular flexibility index (Phi) is 7.08. The van der Waals surface area contributed by atoms with Gasteiger partial charge in [0.15, 0.2) is 0 Å². The predicted octanol–water partition coefficient (Wildman–Crippen LogP) is 7.22. The van der Waals surface area contributed by atoms with Crippen molar-refractivity contribution in [3.8, 4) is 5.75 Å². The number of aromatic nitrogens is 1. The van der Waals surface area contributed by atoms with E-state index in [1.54, 1.807) is 6.20 Å². The van der Waals surface area contributed by atoms with Gasteiger partial charge in [0.05, 0.1) is 17.9 Å². The summed E-state index contributed by atoms with van der Waals surface area (Å²) in [5.74, 6) is 0.949. The van der Waals surface area contributed by atoms with E-state index >= 15 is 0 Å². The number of carbonyl (C=O) groups is 1. The molecule has 1 aliphatic heterocycles. The molecule has 1 aromatic heterocycles. The number of urea groups is 1.